The largest absolute Gasteiger partial charge is 0.494 e. The topological polar surface area (TPSA) is 130 Å². The van der Waals surface area contributed by atoms with E-state index in [0.29, 0.717) is 76.6 Å². The summed E-state index contributed by atoms with van der Waals surface area (Å²) in [4.78, 5) is 35.0. The SMILES string of the molecule is COc1nc(-c2ccnc(-c3cccc(Nc4cccc(CN5CC6(CCC(=O)N6)C5)c4OC)c3Cl)c2Cl)ccc1CNC[C@@H]1CCC(=O)N1. The molecule has 2 aromatic carbocycles. The number of amides is 2. The van der Waals surface area contributed by atoms with E-state index in [1.54, 1.807) is 20.4 Å². The van der Waals surface area contributed by atoms with Gasteiger partial charge in [-0.05, 0) is 37.1 Å². The Bertz CT molecular complexity index is 1930. The van der Waals surface area contributed by atoms with Crippen LogP contribution in [0.25, 0.3) is 22.5 Å². The maximum Gasteiger partial charge on any atom is 0.220 e. The van der Waals surface area contributed by atoms with Crippen LogP contribution in [-0.4, -0.2) is 72.1 Å². The van der Waals surface area contributed by atoms with Crippen molar-refractivity contribution in [3.63, 3.8) is 0 Å². The van der Waals surface area contributed by atoms with Crippen LogP contribution >= 0.6 is 23.2 Å². The minimum Gasteiger partial charge on any atom is -0.494 e. The number of likely N-dealkylation sites (tertiary alicyclic amines) is 1. The van der Waals surface area contributed by atoms with Crippen molar-refractivity contribution in [2.24, 2.45) is 0 Å². The summed E-state index contributed by atoms with van der Waals surface area (Å²) in [6, 6.07) is 17.5. The van der Waals surface area contributed by atoms with Crippen molar-refractivity contribution >= 4 is 46.4 Å². The van der Waals surface area contributed by atoms with Crippen LogP contribution in [0, 0.1) is 0 Å². The maximum absolute atomic E-state index is 11.8. The third kappa shape index (κ3) is 6.96. The van der Waals surface area contributed by atoms with Gasteiger partial charge >= 0.3 is 0 Å². The van der Waals surface area contributed by atoms with Gasteiger partial charge in [0.25, 0.3) is 0 Å². The molecule has 13 heteroatoms. The lowest BCUT2D eigenvalue weighted by Gasteiger charge is -2.48. The number of halogens is 2. The molecule has 1 atom stereocenters. The zero-order valence-corrected chi connectivity index (χ0v) is 29.5. The summed E-state index contributed by atoms with van der Waals surface area (Å²) in [5.41, 5.74) is 5.81. The number of anilines is 2. The predicted molar refractivity (Wildman–Crippen MR) is 194 cm³/mol. The average Bonchev–Trinajstić information content (AvgIpc) is 3.71. The first kappa shape index (κ1) is 34.0. The zero-order chi connectivity index (χ0) is 34.8. The van der Waals surface area contributed by atoms with Gasteiger partial charge in [0.15, 0.2) is 0 Å². The summed E-state index contributed by atoms with van der Waals surface area (Å²) in [5, 5.41) is 13.8. The van der Waals surface area contributed by atoms with Crippen molar-refractivity contribution in [3.05, 3.63) is 82.0 Å². The van der Waals surface area contributed by atoms with Crippen molar-refractivity contribution in [1.29, 1.82) is 0 Å². The Morgan fingerprint density at radius 1 is 0.920 bits per heavy atom. The molecule has 3 fully saturated rings. The molecule has 4 aromatic rings. The van der Waals surface area contributed by atoms with Crippen LogP contribution in [0.5, 0.6) is 11.6 Å². The number of carbonyl (C=O) groups is 2. The second-order valence-electron chi connectivity index (χ2n) is 13.1. The number of benzene rings is 2. The van der Waals surface area contributed by atoms with Crippen molar-refractivity contribution in [2.45, 2.75) is 50.4 Å². The molecule has 0 radical (unpaired) electrons. The fourth-order valence-corrected chi connectivity index (χ4v) is 7.72. The van der Waals surface area contributed by atoms with Gasteiger partial charge in [-0.1, -0.05) is 53.5 Å². The summed E-state index contributed by atoms with van der Waals surface area (Å²) in [5.74, 6) is 1.45. The highest BCUT2D eigenvalue weighted by atomic mass is 35.5. The van der Waals surface area contributed by atoms with Crippen molar-refractivity contribution < 1.29 is 19.1 Å². The van der Waals surface area contributed by atoms with E-state index in [2.05, 4.69) is 37.2 Å². The molecule has 11 nitrogen and oxygen atoms in total. The van der Waals surface area contributed by atoms with Crippen LogP contribution in [0.1, 0.15) is 36.8 Å². The van der Waals surface area contributed by atoms with E-state index in [-0.39, 0.29) is 23.4 Å². The van der Waals surface area contributed by atoms with Crippen LogP contribution in [0.2, 0.25) is 10.0 Å². The summed E-state index contributed by atoms with van der Waals surface area (Å²) >= 11 is 14.1. The molecule has 2 amide bonds. The van der Waals surface area contributed by atoms with Gasteiger partial charge in [-0.3, -0.25) is 19.5 Å². The lowest BCUT2D eigenvalue weighted by atomic mass is 9.88. The number of hydrogen-bond acceptors (Lipinski definition) is 9. The second-order valence-corrected chi connectivity index (χ2v) is 13.8. The molecule has 50 heavy (non-hydrogen) atoms. The molecular weight excluding hydrogens is 677 g/mol. The Balaban J connectivity index is 1.08. The Kier molecular flexibility index (Phi) is 9.83. The standard InChI is InChI=1S/C37H39Cl2N7O4/c1-49-35-23(19-46-20-37(21-46)15-13-31(48)45-37)5-3-8-29(35)43-28-7-4-6-26(32(28)38)34-33(39)25(14-16-41-34)27-11-9-22(36(44-27)50-2)17-40-18-24-10-12-30(47)42-24/h3-9,11,14,16,24,40,43H,10,12-13,15,17-21H2,1-2H3,(H,42,47)(H,45,48)/t24-/m0/s1. The van der Waals surface area contributed by atoms with E-state index in [9.17, 15) is 9.59 Å². The second kappa shape index (κ2) is 14.4. The van der Waals surface area contributed by atoms with Crippen LogP contribution < -0.4 is 30.7 Å². The molecule has 5 heterocycles. The van der Waals surface area contributed by atoms with Crippen molar-refractivity contribution in [2.75, 3.05) is 39.2 Å². The van der Waals surface area contributed by atoms with Crippen LogP contribution in [0.3, 0.4) is 0 Å². The number of hydrogen-bond donors (Lipinski definition) is 4. The third-order valence-corrected chi connectivity index (χ3v) is 10.4. The normalized spacial score (nSPS) is 18.1. The van der Waals surface area contributed by atoms with Crippen LogP contribution in [-0.2, 0) is 22.7 Å². The number of nitrogens with zero attached hydrogens (tertiary/aromatic N) is 3. The molecule has 0 saturated carbocycles. The molecule has 4 N–H and O–H groups in total. The molecule has 7 rings (SSSR count). The van der Waals surface area contributed by atoms with E-state index in [1.807, 2.05) is 48.5 Å². The monoisotopic (exact) mass is 715 g/mol. The van der Waals surface area contributed by atoms with Gasteiger partial charge in [0.2, 0.25) is 17.7 Å². The van der Waals surface area contributed by atoms with E-state index in [0.717, 1.165) is 48.5 Å². The number of pyridine rings is 2. The fourth-order valence-electron chi connectivity index (χ4n) is 7.15. The molecule has 0 bridgehead atoms. The quantitative estimate of drug-likeness (QED) is 0.146. The molecule has 3 aliphatic heterocycles. The first-order valence-corrected chi connectivity index (χ1v) is 17.5. The Morgan fingerprint density at radius 3 is 2.48 bits per heavy atom. The number of aromatic nitrogens is 2. The van der Waals surface area contributed by atoms with Crippen LogP contribution in [0.15, 0.2) is 60.8 Å². The van der Waals surface area contributed by atoms with Gasteiger partial charge < -0.3 is 30.7 Å². The van der Waals surface area contributed by atoms with Crippen LogP contribution in [0.4, 0.5) is 11.4 Å². The predicted octanol–water partition coefficient (Wildman–Crippen LogP) is 5.71. The Labute approximate surface area is 301 Å². The first-order valence-electron chi connectivity index (χ1n) is 16.7. The number of nitrogens with one attached hydrogen (secondary N) is 4. The highest BCUT2D eigenvalue weighted by Gasteiger charge is 2.47. The van der Waals surface area contributed by atoms with E-state index in [4.69, 9.17) is 37.7 Å². The van der Waals surface area contributed by atoms with Crippen molar-refractivity contribution in [3.8, 4) is 34.1 Å². The number of ether oxygens (including phenoxy) is 2. The van der Waals surface area contributed by atoms with Crippen molar-refractivity contribution in [1.82, 2.24) is 30.8 Å². The summed E-state index contributed by atoms with van der Waals surface area (Å²) < 4.78 is 11.5. The molecule has 3 aliphatic rings. The summed E-state index contributed by atoms with van der Waals surface area (Å²) in [6.45, 7) is 3.56. The van der Waals surface area contributed by atoms with E-state index < -0.39 is 0 Å². The Morgan fingerprint density at radius 2 is 1.74 bits per heavy atom. The first-order chi connectivity index (χ1) is 24.3. The highest BCUT2D eigenvalue weighted by molar-refractivity contribution is 6.39. The van der Waals surface area contributed by atoms with Gasteiger partial charge in [0, 0.05) is 80.1 Å². The fraction of sp³-hybridized carbons (Fsp3) is 0.351. The van der Waals surface area contributed by atoms with E-state index in [1.165, 1.54) is 0 Å². The summed E-state index contributed by atoms with van der Waals surface area (Å²) in [6.07, 6.45) is 4.57. The number of carbonyl (C=O) groups excluding carboxylic acids is 2. The van der Waals surface area contributed by atoms with E-state index >= 15 is 0 Å². The molecule has 260 valence electrons. The molecule has 0 aliphatic carbocycles. The third-order valence-electron chi connectivity index (χ3n) is 9.59. The highest BCUT2D eigenvalue weighted by Crippen LogP contribution is 2.42. The number of rotatable bonds is 12. The summed E-state index contributed by atoms with van der Waals surface area (Å²) in [7, 11) is 3.25. The smallest absolute Gasteiger partial charge is 0.220 e. The Hall–Kier alpha value is -4.42. The minimum atomic E-state index is -0.0828. The molecular formula is C37H39Cl2N7O4. The lowest BCUT2D eigenvalue weighted by molar-refractivity contribution is -0.121. The molecule has 1 spiro atoms. The lowest BCUT2D eigenvalue weighted by Crippen LogP contribution is -2.66. The van der Waals surface area contributed by atoms with Gasteiger partial charge in [-0.15, -0.1) is 0 Å². The van der Waals surface area contributed by atoms with Gasteiger partial charge in [0.1, 0.15) is 5.75 Å². The average molecular weight is 717 g/mol. The zero-order valence-electron chi connectivity index (χ0n) is 27.9. The number of para-hydroxylation sites is 1. The molecule has 0 unspecified atom stereocenters. The number of methoxy groups -OCH3 is 2. The molecule has 2 aromatic heterocycles. The molecule has 3 saturated heterocycles. The minimum absolute atomic E-state index is 0.0828. The maximum atomic E-state index is 11.8. The van der Waals surface area contributed by atoms with Gasteiger partial charge in [-0.25, -0.2) is 4.98 Å². The van der Waals surface area contributed by atoms with Gasteiger partial charge in [-0.2, -0.15) is 0 Å². The van der Waals surface area contributed by atoms with Gasteiger partial charge in [0.05, 0.1) is 52.6 Å².